The molecule has 0 saturated carbocycles. The van der Waals surface area contributed by atoms with E-state index in [-0.39, 0.29) is 0 Å². The van der Waals surface area contributed by atoms with E-state index in [0.29, 0.717) is 16.7 Å². The van der Waals surface area contributed by atoms with E-state index in [1.54, 1.807) is 12.1 Å². The fourth-order valence-corrected chi connectivity index (χ4v) is 1.29. The van der Waals surface area contributed by atoms with Gasteiger partial charge in [0.25, 0.3) is 0 Å². The van der Waals surface area contributed by atoms with Gasteiger partial charge in [-0.2, -0.15) is 0 Å². The van der Waals surface area contributed by atoms with Crippen LogP contribution in [0.25, 0.3) is 11.0 Å². The van der Waals surface area contributed by atoms with Gasteiger partial charge in [-0.3, -0.25) is 9.59 Å². The summed E-state index contributed by atoms with van der Waals surface area (Å²) in [5, 5.41) is 0. The Morgan fingerprint density at radius 2 is 1.57 bits per heavy atom. The summed E-state index contributed by atoms with van der Waals surface area (Å²) in [5.74, 6) is 0. The first kappa shape index (κ1) is 8.55. The molecule has 0 unspecified atom stereocenters. The van der Waals surface area contributed by atoms with Crippen LogP contribution in [0.3, 0.4) is 0 Å². The molecule has 0 aliphatic rings. The molecule has 2 aromatic rings. The van der Waals surface area contributed by atoms with E-state index in [2.05, 4.69) is 9.97 Å². The van der Waals surface area contributed by atoms with Crippen molar-refractivity contribution in [2.75, 3.05) is 5.73 Å². The van der Waals surface area contributed by atoms with Gasteiger partial charge in [0.15, 0.2) is 0 Å². The zero-order valence-corrected chi connectivity index (χ0v) is 7.55. The number of aryl methyl sites for hydroxylation is 1. The summed E-state index contributed by atoms with van der Waals surface area (Å²) in [6.07, 6.45) is 0. The largest absolute Gasteiger partial charge is 0.398 e. The Kier molecular flexibility index (Phi) is 1.67. The predicted molar refractivity (Wildman–Crippen MR) is 54.3 cm³/mol. The summed E-state index contributed by atoms with van der Waals surface area (Å²) in [6.45, 7) is 1.83. The second kappa shape index (κ2) is 2.73. The molecule has 0 bridgehead atoms. The highest BCUT2D eigenvalue weighted by atomic mass is 16.2. The minimum atomic E-state index is -0.666. The van der Waals surface area contributed by atoms with Gasteiger partial charge >= 0.3 is 11.1 Å². The van der Waals surface area contributed by atoms with Crippen molar-refractivity contribution >= 4 is 16.7 Å². The maximum atomic E-state index is 11.0. The van der Waals surface area contributed by atoms with Crippen LogP contribution in [0.15, 0.2) is 21.7 Å². The third kappa shape index (κ3) is 1.19. The molecule has 0 amide bonds. The number of fused-ring (bicyclic) bond motifs is 1. The lowest BCUT2D eigenvalue weighted by atomic mass is 10.2. The van der Waals surface area contributed by atoms with Gasteiger partial charge in [0, 0.05) is 5.69 Å². The quantitative estimate of drug-likeness (QED) is 0.407. The smallest absolute Gasteiger partial charge is 0.314 e. The Morgan fingerprint density at radius 3 is 2.14 bits per heavy atom. The van der Waals surface area contributed by atoms with Gasteiger partial charge in [-0.05, 0) is 24.6 Å². The Hall–Kier alpha value is -2.04. The van der Waals surface area contributed by atoms with Gasteiger partial charge in [0.1, 0.15) is 0 Å². The lowest BCUT2D eigenvalue weighted by Gasteiger charge is -2.02. The van der Waals surface area contributed by atoms with Crippen molar-refractivity contribution in [3.8, 4) is 0 Å². The fourth-order valence-electron chi connectivity index (χ4n) is 1.29. The molecule has 0 spiro atoms. The third-order valence-electron chi connectivity index (χ3n) is 2.11. The highest BCUT2D eigenvalue weighted by molar-refractivity contribution is 5.79. The number of benzene rings is 1. The third-order valence-corrected chi connectivity index (χ3v) is 2.11. The van der Waals surface area contributed by atoms with E-state index in [0.717, 1.165) is 5.56 Å². The molecule has 1 aromatic heterocycles. The Bertz CT molecular complexity index is 555. The van der Waals surface area contributed by atoms with Gasteiger partial charge in [-0.15, -0.1) is 0 Å². The van der Waals surface area contributed by atoms with Crippen LogP contribution in [-0.2, 0) is 0 Å². The highest BCUT2D eigenvalue weighted by Gasteiger charge is 2.01. The van der Waals surface area contributed by atoms with E-state index in [4.69, 9.17) is 5.73 Å². The molecular formula is C9H9N3O2. The van der Waals surface area contributed by atoms with Crippen LogP contribution in [0.2, 0.25) is 0 Å². The van der Waals surface area contributed by atoms with E-state index >= 15 is 0 Å². The molecule has 14 heavy (non-hydrogen) atoms. The number of rotatable bonds is 0. The molecule has 5 nitrogen and oxygen atoms in total. The number of nitrogen functional groups attached to an aromatic ring is 1. The first-order valence-electron chi connectivity index (χ1n) is 4.10. The molecule has 0 radical (unpaired) electrons. The number of nitrogens with one attached hydrogen (secondary N) is 2. The molecule has 0 saturated heterocycles. The summed E-state index contributed by atoms with van der Waals surface area (Å²) in [7, 11) is 0. The normalized spacial score (nSPS) is 10.6. The minimum absolute atomic E-state index is 0.540. The van der Waals surface area contributed by atoms with Crippen LogP contribution in [0.4, 0.5) is 5.69 Å². The SMILES string of the molecule is Cc1cc2[nH]c(=O)c(=O)[nH]c2cc1N. The second-order valence-corrected chi connectivity index (χ2v) is 3.16. The predicted octanol–water partition coefficient (Wildman–Crippen LogP) is 0.107. The van der Waals surface area contributed by atoms with Gasteiger partial charge < -0.3 is 15.7 Å². The minimum Gasteiger partial charge on any atom is -0.398 e. The average Bonchev–Trinajstić information content (AvgIpc) is 2.11. The molecule has 5 heteroatoms. The summed E-state index contributed by atoms with van der Waals surface area (Å²) in [6, 6.07) is 3.35. The van der Waals surface area contributed by atoms with Crippen LogP contribution in [0.1, 0.15) is 5.56 Å². The van der Waals surface area contributed by atoms with Crippen LogP contribution in [-0.4, -0.2) is 9.97 Å². The molecule has 1 heterocycles. The molecule has 2 rings (SSSR count). The molecule has 0 atom stereocenters. The van der Waals surface area contributed by atoms with Crippen molar-refractivity contribution in [2.45, 2.75) is 6.92 Å². The van der Waals surface area contributed by atoms with Crippen molar-refractivity contribution in [1.82, 2.24) is 9.97 Å². The zero-order chi connectivity index (χ0) is 10.3. The van der Waals surface area contributed by atoms with Crippen molar-refractivity contribution < 1.29 is 0 Å². The van der Waals surface area contributed by atoms with E-state index < -0.39 is 11.1 Å². The summed E-state index contributed by atoms with van der Waals surface area (Å²) < 4.78 is 0. The maximum Gasteiger partial charge on any atom is 0.314 e. The number of aromatic amines is 2. The highest BCUT2D eigenvalue weighted by Crippen LogP contribution is 2.15. The number of aromatic nitrogens is 2. The van der Waals surface area contributed by atoms with Crippen LogP contribution < -0.4 is 16.9 Å². The second-order valence-electron chi connectivity index (χ2n) is 3.16. The summed E-state index contributed by atoms with van der Waals surface area (Å²) >= 11 is 0. The van der Waals surface area contributed by atoms with Crippen molar-refractivity contribution in [3.05, 3.63) is 38.4 Å². The van der Waals surface area contributed by atoms with Gasteiger partial charge in [-0.25, -0.2) is 0 Å². The Morgan fingerprint density at radius 1 is 1.07 bits per heavy atom. The first-order chi connectivity index (χ1) is 6.58. The molecule has 0 fully saturated rings. The molecule has 1 aromatic carbocycles. The van der Waals surface area contributed by atoms with Crippen LogP contribution in [0.5, 0.6) is 0 Å². The number of H-pyrrole nitrogens is 2. The molecule has 72 valence electrons. The summed E-state index contributed by atoms with van der Waals surface area (Å²) in [4.78, 5) is 26.9. The molecule has 0 aliphatic carbocycles. The Labute approximate surface area is 78.6 Å². The molecule has 4 N–H and O–H groups in total. The lowest BCUT2D eigenvalue weighted by Crippen LogP contribution is -2.28. The number of hydrogen-bond acceptors (Lipinski definition) is 3. The van der Waals surface area contributed by atoms with E-state index in [9.17, 15) is 9.59 Å². The van der Waals surface area contributed by atoms with Crippen LogP contribution >= 0.6 is 0 Å². The fraction of sp³-hybridized carbons (Fsp3) is 0.111. The first-order valence-corrected chi connectivity index (χ1v) is 4.10. The van der Waals surface area contributed by atoms with E-state index in [1.807, 2.05) is 6.92 Å². The lowest BCUT2D eigenvalue weighted by molar-refractivity contribution is 1.14. The number of anilines is 1. The maximum absolute atomic E-state index is 11.0. The van der Waals surface area contributed by atoms with Crippen molar-refractivity contribution in [2.24, 2.45) is 0 Å². The summed E-state index contributed by atoms with van der Waals surface area (Å²) in [5.41, 5.74) is 6.91. The monoisotopic (exact) mass is 191 g/mol. The standard InChI is InChI=1S/C9H9N3O2/c1-4-2-6-7(3-5(4)10)12-9(14)8(13)11-6/h2-3H,10H2,1H3,(H,11,13)(H,12,14). The number of hydrogen-bond donors (Lipinski definition) is 3. The average molecular weight is 191 g/mol. The number of nitrogens with two attached hydrogens (primary N) is 1. The Balaban J connectivity index is 2.97. The molecule has 0 aliphatic heterocycles. The van der Waals surface area contributed by atoms with Gasteiger partial charge in [0.05, 0.1) is 11.0 Å². The van der Waals surface area contributed by atoms with Crippen molar-refractivity contribution in [1.29, 1.82) is 0 Å². The van der Waals surface area contributed by atoms with Crippen molar-refractivity contribution in [3.63, 3.8) is 0 Å². The van der Waals surface area contributed by atoms with Gasteiger partial charge in [0.2, 0.25) is 0 Å². The zero-order valence-electron chi connectivity index (χ0n) is 7.55. The molecular weight excluding hydrogens is 182 g/mol. The van der Waals surface area contributed by atoms with Crippen LogP contribution in [0, 0.1) is 6.92 Å². The van der Waals surface area contributed by atoms with Gasteiger partial charge in [-0.1, -0.05) is 0 Å². The van der Waals surface area contributed by atoms with E-state index in [1.165, 1.54) is 0 Å². The topological polar surface area (TPSA) is 91.7 Å².